The van der Waals surface area contributed by atoms with E-state index >= 15 is 0 Å². The molecule has 1 unspecified atom stereocenters. The predicted molar refractivity (Wildman–Crippen MR) is 78.1 cm³/mol. The van der Waals surface area contributed by atoms with Crippen molar-refractivity contribution in [1.82, 2.24) is 0 Å². The van der Waals surface area contributed by atoms with Gasteiger partial charge in [-0.2, -0.15) is 0 Å². The highest BCUT2D eigenvalue weighted by atomic mass is 35.5. The topological polar surface area (TPSA) is 57.5 Å². The zero-order valence-corrected chi connectivity index (χ0v) is 11.5. The van der Waals surface area contributed by atoms with Gasteiger partial charge in [0.15, 0.2) is 0 Å². The van der Waals surface area contributed by atoms with E-state index in [0.29, 0.717) is 17.9 Å². The van der Waals surface area contributed by atoms with Crippen LogP contribution in [0, 0.1) is 5.92 Å². The van der Waals surface area contributed by atoms with Crippen LogP contribution in [0.2, 0.25) is 5.02 Å². The lowest BCUT2D eigenvalue weighted by Gasteiger charge is -2.13. The Bertz CT molecular complexity index is 610. The van der Waals surface area contributed by atoms with Crippen LogP contribution in [-0.4, -0.2) is 16.2 Å². The van der Waals surface area contributed by atoms with E-state index < -0.39 is 11.9 Å². The maximum absolute atomic E-state index is 11.4. The Hall–Kier alpha value is -2.00. The first-order chi connectivity index (χ1) is 9.56. The van der Waals surface area contributed by atoms with Crippen LogP contribution in [-0.2, 0) is 17.6 Å². The van der Waals surface area contributed by atoms with Gasteiger partial charge in [-0.05, 0) is 42.2 Å². The molecule has 4 heteroatoms. The van der Waals surface area contributed by atoms with E-state index in [-0.39, 0.29) is 5.75 Å². The molecule has 0 amide bonds. The number of halogens is 1. The summed E-state index contributed by atoms with van der Waals surface area (Å²) < 4.78 is 0. The molecule has 0 aliphatic heterocycles. The Morgan fingerprint density at radius 2 is 1.85 bits per heavy atom. The molecule has 0 spiro atoms. The third kappa shape index (κ3) is 3.75. The van der Waals surface area contributed by atoms with E-state index in [4.69, 9.17) is 11.6 Å². The second-order valence-electron chi connectivity index (χ2n) is 4.70. The number of benzene rings is 2. The number of hydrogen-bond acceptors (Lipinski definition) is 2. The fraction of sp³-hybridized carbons (Fsp3) is 0.188. The SMILES string of the molecule is O=C(O)C(Cc1cccc(O)c1)Cc1ccccc1Cl. The molecule has 2 aromatic rings. The summed E-state index contributed by atoms with van der Waals surface area (Å²) >= 11 is 6.07. The molecule has 0 saturated carbocycles. The fourth-order valence-electron chi connectivity index (χ4n) is 2.14. The highest BCUT2D eigenvalue weighted by Gasteiger charge is 2.19. The molecule has 0 radical (unpaired) electrons. The van der Waals surface area contributed by atoms with Crippen LogP contribution < -0.4 is 0 Å². The molecule has 20 heavy (non-hydrogen) atoms. The zero-order chi connectivity index (χ0) is 14.5. The van der Waals surface area contributed by atoms with Crippen molar-refractivity contribution in [3.63, 3.8) is 0 Å². The van der Waals surface area contributed by atoms with Crippen LogP contribution in [0.4, 0.5) is 0 Å². The fourth-order valence-corrected chi connectivity index (χ4v) is 2.36. The number of phenolic OH excluding ortho intramolecular Hbond substituents is 1. The summed E-state index contributed by atoms with van der Waals surface area (Å²) in [6, 6.07) is 13.9. The third-order valence-electron chi connectivity index (χ3n) is 3.17. The van der Waals surface area contributed by atoms with Crippen molar-refractivity contribution in [2.75, 3.05) is 0 Å². The molecule has 2 aromatic carbocycles. The first-order valence-electron chi connectivity index (χ1n) is 6.30. The van der Waals surface area contributed by atoms with Gasteiger partial charge in [-0.25, -0.2) is 0 Å². The lowest BCUT2D eigenvalue weighted by atomic mass is 9.92. The van der Waals surface area contributed by atoms with Crippen LogP contribution in [0.3, 0.4) is 0 Å². The Morgan fingerprint density at radius 3 is 2.50 bits per heavy atom. The lowest BCUT2D eigenvalue weighted by molar-refractivity contribution is -0.141. The molecular weight excluding hydrogens is 276 g/mol. The summed E-state index contributed by atoms with van der Waals surface area (Å²) in [6.07, 6.45) is 0.722. The maximum Gasteiger partial charge on any atom is 0.307 e. The van der Waals surface area contributed by atoms with Crippen molar-refractivity contribution >= 4 is 17.6 Å². The molecule has 104 valence electrons. The highest BCUT2D eigenvalue weighted by Crippen LogP contribution is 2.22. The van der Waals surface area contributed by atoms with Gasteiger partial charge in [0.25, 0.3) is 0 Å². The van der Waals surface area contributed by atoms with E-state index in [1.54, 1.807) is 24.3 Å². The number of hydrogen-bond donors (Lipinski definition) is 2. The predicted octanol–water partition coefficient (Wildman–Crippen LogP) is 3.53. The quantitative estimate of drug-likeness (QED) is 0.885. The van der Waals surface area contributed by atoms with Gasteiger partial charge < -0.3 is 10.2 Å². The number of carboxylic acids is 1. The van der Waals surface area contributed by atoms with E-state index in [1.807, 2.05) is 24.3 Å². The number of carbonyl (C=O) groups is 1. The van der Waals surface area contributed by atoms with Crippen LogP contribution in [0.25, 0.3) is 0 Å². The molecule has 3 nitrogen and oxygen atoms in total. The standard InChI is InChI=1S/C16H15ClO3/c17-15-7-2-1-5-12(15)10-13(16(19)20)8-11-4-3-6-14(18)9-11/h1-7,9,13,18H,8,10H2,(H,19,20). The monoisotopic (exact) mass is 290 g/mol. The van der Waals surface area contributed by atoms with Crippen LogP contribution in [0.5, 0.6) is 5.75 Å². The van der Waals surface area contributed by atoms with Crippen molar-refractivity contribution < 1.29 is 15.0 Å². The molecule has 1 atom stereocenters. The summed E-state index contributed by atoms with van der Waals surface area (Å²) in [7, 11) is 0. The molecule has 0 aromatic heterocycles. The van der Waals surface area contributed by atoms with Crippen molar-refractivity contribution in [2.24, 2.45) is 5.92 Å². The molecule has 0 bridgehead atoms. The normalized spacial score (nSPS) is 12.1. The molecule has 2 N–H and O–H groups in total. The molecular formula is C16H15ClO3. The highest BCUT2D eigenvalue weighted by molar-refractivity contribution is 6.31. The zero-order valence-electron chi connectivity index (χ0n) is 10.8. The molecule has 0 fully saturated rings. The van der Waals surface area contributed by atoms with Crippen molar-refractivity contribution in [3.8, 4) is 5.75 Å². The molecule has 0 heterocycles. The van der Waals surface area contributed by atoms with Gasteiger partial charge in [-0.1, -0.05) is 41.9 Å². The van der Waals surface area contributed by atoms with E-state index in [0.717, 1.165) is 11.1 Å². The minimum Gasteiger partial charge on any atom is -0.508 e. The smallest absolute Gasteiger partial charge is 0.307 e. The van der Waals surface area contributed by atoms with E-state index in [2.05, 4.69) is 0 Å². The number of aliphatic carboxylic acids is 1. The number of phenols is 1. The second kappa shape index (κ2) is 6.44. The van der Waals surface area contributed by atoms with Gasteiger partial charge in [0.05, 0.1) is 5.92 Å². The summed E-state index contributed by atoms with van der Waals surface area (Å²) in [5, 5.41) is 19.4. The van der Waals surface area contributed by atoms with Crippen molar-refractivity contribution in [2.45, 2.75) is 12.8 Å². The van der Waals surface area contributed by atoms with Crippen LogP contribution >= 0.6 is 11.6 Å². The minimum atomic E-state index is -0.867. The number of carboxylic acid groups (broad SMARTS) is 1. The second-order valence-corrected chi connectivity index (χ2v) is 5.11. The van der Waals surface area contributed by atoms with Gasteiger partial charge in [0.2, 0.25) is 0 Å². The van der Waals surface area contributed by atoms with Gasteiger partial charge in [-0.15, -0.1) is 0 Å². The molecule has 0 saturated heterocycles. The Balaban J connectivity index is 2.16. The average Bonchev–Trinajstić information content (AvgIpc) is 2.40. The summed E-state index contributed by atoms with van der Waals surface area (Å²) in [6.45, 7) is 0. The summed E-state index contributed by atoms with van der Waals surface area (Å²) in [5.41, 5.74) is 1.62. The first-order valence-corrected chi connectivity index (χ1v) is 6.68. The van der Waals surface area contributed by atoms with Gasteiger partial charge in [-0.3, -0.25) is 4.79 Å². The van der Waals surface area contributed by atoms with E-state index in [9.17, 15) is 15.0 Å². The first kappa shape index (κ1) is 14.4. The van der Waals surface area contributed by atoms with Crippen LogP contribution in [0.15, 0.2) is 48.5 Å². The van der Waals surface area contributed by atoms with Gasteiger partial charge >= 0.3 is 5.97 Å². The molecule has 0 aliphatic rings. The van der Waals surface area contributed by atoms with E-state index in [1.165, 1.54) is 0 Å². The number of aromatic hydroxyl groups is 1. The number of rotatable bonds is 5. The molecule has 2 rings (SSSR count). The van der Waals surface area contributed by atoms with Crippen molar-refractivity contribution in [1.29, 1.82) is 0 Å². The Labute approximate surface area is 122 Å². The Morgan fingerprint density at radius 1 is 1.10 bits per heavy atom. The minimum absolute atomic E-state index is 0.143. The van der Waals surface area contributed by atoms with Crippen LogP contribution in [0.1, 0.15) is 11.1 Å². The largest absolute Gasteiger partial charge is 0.508 e. The lowest BCUT2D eigenvalue weighted by Crippen LogP contribution is -2.19. The Kier molecular flexibility index (Phi) is 4.64. The summed E-state index contributed by atoms with van der Waals surface area (Å²) in [5.74, 6) is -1.30. The van der Waals surface area contributed by atoms with Gasteiger partial charge in [0, 0.05) is 5.02 Å². The summed E-state index contributed by atoms with van der Waals surface area (Å²) in [4.78, 5) is 11.4. The average molecular weight is 291 g/mol. The van der Waals surface area contributed by atoms with Gasteiger partial charge in [0.1, 0.15) is 5.75 Å². The third-order valence-corrected chi connectivity index (χ3v) is 3.53. The van der Waals surface area contributed by atoms with Crippen molar-refractivity contribution in [3.05, 3.63) is 64.7 Å². The maximum atomic E-state index is 11.4. The molecule has 0 aliphatic carbocycles.